The first-order valence-corrected chi connectivity index (χ1v) is 7.21. The topological polar surface area (TPSA) is 108 Å². The van der Waals surface area contributed by atoms with Crippen LogP contribution in [0.1, 0.15) is 22.0 Å². The lowest BCUT2D eigenvalue weighted by Gasteiger charge is -2.13. The predicted molar refractivity (Wildman–Crippen MR) is 86.6 cm³/mol. The van der Waals surface area contributed by atoms with E-state index in [0.29, 0.717) is 12.1 Å². The summed E-state index contributed by atoms with van der Waals surface area (Å²) in [5.41, 5.74) is 0.637. The van der Waals surface area contributed by atoms with E-state index in [4.69, 9.17) is 9.47 Å². The van der Waals surface area contributed by atoms with Gasteiger partial charge in [-0.25, -0.2) is 4.79 Å². The number of phenols is 2. The Morgan fingerprint density at radius 2 is 1.79 bits per heavy atom. The molecule has 4 N–H and O–H groups in total. The van der Waals surface area contributed by atoms with Gasteiger partial charge < -0.3 is 30.1 Å². The molecule has 0 spiro atoms. The molecule has 2 rings (SSSR count). The molecule has 7 heteroatoms. The molecule has 0 heterocycles. The molecule has 0 radical (unpaired) electrons. The number of rotatable bonds is 6. The Morgan fingerprint density at radius 3 is 2.46 bits per heavy atom. The van der Waals surface area contributed by atoms with Crippen LogP contribution in [0.4, 0.5) is 0 Å². The van der Waals surface area contributed by atoms with Gasteiger partial charge in [-0.2, -0.15) is 0 Å². The number of carbonyl (C=O) groups is 1. The van der Waals surface area contributed by atoms with Crippen LogP contribution in [-0.4, -0.2) is 42.0 Å². The quantitative estimate of drug-likeness (QED) is 0.469. The van der Waals surface area contributed by atoms with Crippen LogP contribution in [0.2, 0.25) is 0 Å². The molecular formula is C17H19NO6. The predicted octanol–water partition coefficient (Wildman–Crippen LogP) is 1.58. The summed E-state index contributed by atoms with van der Waals surface area (Å²) >= 11 is 0. The van der Waals surface area contributed by atoms with E-state index in [1.165, 1.54) is 43.5 Å². The first-order valence-electron chi connectivity index (χ1n) is 7.21. The van der Waals surface area contributed by atoms with Crippen LogP contribution in [-0.2, 0) is 0 Å². The van der Waals surface area contributed by atoms with Crippen molar-refractivity contribution in [2.24, 2.45) is 0 Å². The third-order valence-corrected chi connectivity index (χ3v) is 3.38. The summed E-state index contributed by atoms with van der Waals surface area (Å²) in [6.45, 7) is 0.313. The van der Waals surface area contributed by atoms with Crippen LogP contribution >= 0.6 is 0 Å². The number of hydrogen-bond acceptors (Lipinski definition) is 7. The van der Waals surface area contributed by atoms with Gasteiger partial charge in [0, 0.05) is 6.54 Å². The number of carbonyl (C=O) groups excluding carboxylic acids is 1. The lowest BCUT2D eigenvalue weighted by Crippen LogP contribution is -2.17. The second-order valence-corrected chi connectivity index (χ2v) is 5.08. The molecule has 0 fully saturated rings. The van der Waals surface area contributed by atoms with Gasteiger partial charge in [-0.1, -0.05) is 6.07 Å². The van der Waals surface area contributed by atoms with E-state index in [0.717, 1.165) is 0 Å². The minimum Gasteiger partial charge on any atom is -0.504 e. The van der Waals surface area contributed by atoms with E-state index in [1.54, 1.807) is 7.05 Å². The zero-order valence-electron chi connectivity index (χ0n) is 13.3. The van der Waals surface area contributed by atoms with Crippen molar-refractivity contribution in [1.82, 2.24) is 5.32 Å². The Kier molecular flexibility index (Phi) is 5.62. The highest BCUT2D eigenvalue weighted by Gasteiger charge is 2.16. The summed E-state index contributed by atoms with van der Waals surface area (Å²) < 4.78 is 10.1. The molecule has 0 bridgehead atoms. The Balaban J connectivity index is 2.23. The number of aromatic hydroxyl groups is 2. The Morgan fingerprint density at radius 1 is 1.12 bits per heavy atom. The number of aliphatic hydroxyl groups excluding tert-OH is 1. The number of likely N-dealkylation sites (N-methyl/N-ethyl adjacent to an activating group) is 1. The smallest absolute Gasteiger partial charge is 0.343 e. The summed E-state index contributed by atoms with van der Waals surface area (Å²) in [5, 5.41) is 32.2. The van der Waals surface area contributed by atoms with Gasteiger partial charge in [0.1, 0.15) is 0 Å². The van der Waals surface area contributed by atoms with Crippen LogP contribution in [0.25, 0.3) is 0 Å². The highest BCUT2D eigenvalue weighted by atomic mass is 16.5. The van der Waals surface area contributed by atoms with Gasteiger partial charge in [0.05, 0.1) is 18.8 Å². The summed E-state index contributed by atoms with van der Waals surface area (Å²) in [6.07, 6.45) is -0.804. The van der Waals surface area contributed by atoms with Crippen molar-refractivity contribution in [1.29, 1.82) is 0 Å². The Labute approximate surface area is 139 Å². The molecule has 1 unspecified atom stereocenters. The van der Waals surface area contributed by atoms with Crippen LogP contribution in [0.5, 0.6) is 23.0 Å². The molecule has 0 aromatic heterocycles. The molecule has 2 aromatic rings. The zero-order chi connectivity index (χ0) is 17.7. The number of nitrogens with one attached hydrogen (secondary N) is 1. The second kappa shape index (κ2) is 7.67. The van der Waals surface area contributed by atoms with Gasteiger partial charge in [-0.05, 0) is 42.9 Å². The standard InChI is InChI=1S/C17H19NO6/c1-18-9-14(21)10-3-5-13(20)16(7-10)24-17(22)11-4-6-12(19)15(8-11)23-2/h3-8,14,18-21H,9H2,1-2H3. The second-order valence-electron chi connectivity index (χ2n) is 5.08. The van der Waals surface area contributed by atoms with Crippen LogP contribution in [0.15, 0.2) is 36.4 Å². The van der Waals surface area contributed by atoms with Crippen LogP contribution in [0, 0.1) is 0 Å². The summed E-state index contributed by atoms with van der Waals surface area (Å²) in [6, 6.07) is 8.28. The third kappa shape index (κ3) is 3.95. The van der Waals surface area contributed by atoms with E-state index in [1.807, 2.05) is 0 Å². The molecule has 7 nitrogen and oxygen atoms in total. The largest absolute Gasteiger partial charge is 0.504 e. The first-order chi connectivity index (χ1) is 11.5. The number of phenolic OH excluding ortho intramolecular Hbond substituents is 2. The zero-order valence-corrected chi connectivity index (χ0v) is 13.3. The SMILES string of the molecule is CNCC(O)c1ccc(O)c(OC(=O)c2ccc(O)c(OC)c2)c1. The van der Waals surface area contributed by atoms with Gasteiger partial charge >= 0.3 is 5.97 Å². The Hall–Kier alpha value is -2.77. The fraction of sp³-hybridized carbons (Fsp3) is 0.235. The van der Waals surface area contributed by atoms with Gasteiger partial charge in [-0.15, -0.1) is 0 Å². The third-order valence-electron chi connectivity index (χ3n) is 3.38. The Bertz CT molecular complexity index is 731. The number of ether oxygens (including phenoxy) is 2. The molecule has 0 saturated heterocycles. The van der Waals surface area contributed by atoms with Crippen molar-refractivity contribution in [3.63, 3.8) is 0 Å². The molecule has 128 valence electrons. The molecule has 0 aliphatic rings. The van der Waals surface area contributed by atoms with E-state index in [9.17, 15) is 20.1 Å². The normalized spacial score (nSPS) is 11.8. The fourth-order valence-electron chi connectivity index (χ4n) is 2.09. The van der Waals surface area contributed by atoms with Crippen molar-refractivity contribution in [2.75, 3.05) is 20.7 Å². The van der Waals surface area contributed by atoms with Crippen LogP contribution in [0.3, 0.4) is 0 Å². The van der Waals surface area contributed by atoms with Crippen molar-refractivity contribution in [2.45, 2.75) is 6.10 Å². The number of methoxy groups -OCH3 is 1. The van der Waals surface area contributed by atoms with Crippen LogP contribution < -0.4 is 14.8 Å². The van der Waals surface area contributed by atoms with E-state index in [-0.39, 0.29) is 28.6 Å². The molecule has 0 saturated carbocycles. The van der Waals surface area contributed by atoms with E-state index < -0.39 is 12.1 Å². The fourth-order valence-corrected chi connectivity index (χ4v) is 2.09. The highest BCUT2D eigenvalue weighted by Crippen LogP contribution is 2.31. The van der Waals surface area contributed by atoms with Crippen molar-refractivity contribution >= 4 is 5.97 Å². The lowest BCUT2D eigenvalue weighted by molar-refractivity contribution is 0.0728. The molecule has 2 aromatic carbocycles. The average Bonchev–Trinajstić information content (AvgIpc) is 2.57. The van der Waals surface area contributed by atoms with Crippen molar-refractivity contribution < 1.29 is 29.6 Å². The maximum absolute atomic E-state index is 12.2. The summed E-state index contributed by atoms with van der Waals surface area (Å²) in [4.78, 5) is 12.2. The molecule has 0 amide bonds. The van der Waals surface area contributed by atoms with E-state index in [2.05, 4.69) is 5.32 Å². The lowest BCUT2D eigenvalue weighted by atomic mass is 10.1. The first kappa shape index (κ1) is 17.6. The summed E-state index contributed by atoms with van der Waals surface area (Å²) in [5.74, 6) is -1.00. The maximum Gasteiger partial charge on any atom is 0.343 e. The number of esters is 1. The van der Waals surface area contributed by atoms with Gasteiger partial charge in [-0.3, -0.25) is 0 Å². The molecule has 1 atom stereocenters. The molecule has 0 aliphatic heterocycles. The molecule has 24 heavy (non-hydrogen) atoms. The monoisotopic (exact) mass is 333 g/mol. The molecule has 0 aliphatic carbocycles. The number of benzene rings is 2. The minimum absolute atomic E-state index is 0.0697. The number of hydrogen-bond donors (Lipinski definition) is 4. The van der Waals surface area contributed by atoms with E-state index >= 15 is 0 Å². The van der Waals surface area contributed by atoms with Gasteiger partial charge in [0.2, 0.25) is 0 Å². The number of aliphatic hydroxyl groups is 1. The summed E-state index contributed by atoms with van der Waals surface area (Å²) in [7, 11) is 3.06. The minimum atomic E-state index is -0.804. The highest BCUT2D eigenvalue weighted by molar-refractivity contribution is 5.92. The van der Waals surface area contributed by atoms with Gasteiger partial charge in [0.15, 0.2) is 23.0 Å². The molecular weight excluding hydrogens is 314 g/mol. The van der Waals surface area contributed by atoms with Gasteiger partial charge in [0.25, 0.3) is 0 Å². The van der Waals surface area contributed by atoms with Crippen molar-refractivity contribution in [3.8, 4) is 23.0 Å². The maximum atomic E-state index is 12.2. The van der Waals surface area contributed by atoms with Crippen molar-refractivity contribution in [3.05, 3.63) is 47.5 Å². The average molecular weight is 333 g/mol.